The molecule has 0 amide bonds. The van der Waals surface area contributed by atoms with Crippen LogP contribution in [0, 0.1) is 5.82 Å². The van der Waals surface area contributed by atoms with Gasteiger partial charge in [0.25, 0.3) is 0 Å². The third-order valence-electron chi connectivity index (χ3n) is 1.87. The SMILES string of the molecule is O=C(O)c1cc(F)cc(-c2nc(Cl)cs2)c1. The number of aromatic carboxylic acids is 1. The maximum absolute atomic E-state index is 13.2. The second kappa shape index (κ2) is 4.19. The van der Waals surface area contributed by atoms with Crippen molar-refractivity contribution in [1.82, 2.24) is 4.98 Å². The van der Waals surface area contributed by atoms with E-state index in [2.05, 4.69) is 4.98 Å². The maximum atomic E-state index is 13.2. The molecule has 0 saturated carbocycles. The lowest BCUT2D eigenvalue weighted by Crippen LogP contribution is -1.97. The number of hydrogen-bond acceptors (Lipinski definition) is 3. The highest BCUT2D eigenvalue weighted by Crippen LogP contribution is 2.27. The van der Waals surface area contributed by atoms with Gasteiger partial charge in [-0.15, -0.1) is 11.3 Å². The zero-order chi connectivity index (χ0) is 11.7. The number of rotatable bonds is 2. The summed E-state index contributed by atoms with van der Waals surface area (Å²) in [7, 11) is 0. The Bertz CT molecular complexity index is 556. The van der Waals surface area contributed by atoms with Gasteiger partial charge < -0.3 is 5.11 Å². The number of aromatic nitrogens is 1. The lowest BCUT2D eigenvalue weighted by molar-refractivity contribution is 0.0696. The fourth-order valence-corrected chi connectivity index (χ4v) is 2.16. The summed E-state index contributed by atoms with van der Waals surface area (Å²) in [6.45, 7) is 0. The van der Waals surface area contributed by atoms with E-state index >= 15 is 0 Å². The van der Waals surface area contributed by atoms with Gasteiger partial charge in [0.15, 0.2) is 0 Å². The molecule has 0 atom stereocenters. The van der Waals surface area contributed by atoms with Crippen molar-refractivity contribution in [3.63, 3.8) is 0 Å². The van der Waals surface area contributed by atoms with Crippen molar-refractivity contribution in [3.8, 4) is 10.6 Å². The van der Waals surface area contributed by atoms with Gasteiger partial charge in [-0.05, 0) is 18.2 Å². The quantitative estimate of drug-likeness (QED) is 0.898. The largest absolute Gasteiger partial charge is 0.478 e. The lowest BCUT2D eigenvalue weighted by Gasteiger charge is -1.99. The van der Waals surface area contributed by atoms with E-state index in [1.807, 2.05) is 0 Å². The van der Waals surface area contributed by atoms with Crippen LogP contribution in [0.15, 0.2) is 23.6 Å². The molecule has 0 aliphatic rings. The Kier molecular flexibility index (Phi) is 2.89. The summed E-state index contributed by atoms with van der Waals surface area (Å²) >= 11 is 6.87. The van der Waals surface area contributed by atoms with E-state index in [0.717, 1.165) is 6.07 Å². The first-order valence-electron chi connectivity index (χ1n) is 4.21. The highest BCUT2D eigenvalue weighted by atomic mass is 35.5. The van der Waals surface area contributed by atoms with Crippen molar-refractivity contribution in [2.75, 3.05) is 0 Å². The van der Waals surface area contributed by atoms with Gasteiger partial charge in [-0.3, -0.25) is 0 Å². The third-order valence-corrected chi connectivity index (χ3v) is 3.08. The van der Waals surface area contributed by atoms with Gasteiger partial charge in [0.2, 0.25) is 0 Å². The van der Waals surface area contributed by atoms with Gasteiger partial charge in [-0.2, -0.15) is 0 Å². The van der Waals surface area contributed by atoms with E-state index in [9.17, 15) is 9.18 Å². The highest BCUT2D eigenvalue weighted by Gasteiger charge is 2.10. The Morgan fingerprint density at radius 2 is 2.19 bits per heavy atom. The van der Waals surface area contributed by atoms with Crippen molar-refractivity contribution < 1.29 is 14.3 Å². The average Bonchev–Trinajstić information content (AvgIpc) is 2.64. The van der Waals surface area contributed by atoms with Crippen molar-refractivity contribution in [1.29, 1.82) is 0 Å². The maximum Gasteiger partial charge on any atom is 0.335 e. The van der Waals surface area contributed by atoms with Crippen molar-refractivity contribution in [2.24, 2.45) is 0 Å². The van der Waals surface area contributed by atoms with E-state index < -0.39 is 11.8 Å². The second-order valence-electron chi connectivity index (χ2n) is 3.01. The molecule has 16 heavy (non-hydrogen) atoms. The van der Waals surface area contributed by atoms with E-state index in [-0.39, 0.29) is 5.56 Å². The van der Waals surface area contributed by atoms with Crippen LogP contribution < -0.4 is 0 Å². The smallest absolute Gasteiger partial charge is 0.335 e. The highest BCUT2D eigenvalue weighted by molar-refractivity contribution is 7.13. The third kappa shape index (κ3) is 2.20. The Morgan fingerprint density at radius 3 is 2.75 bits per heavy atom. The van der Waals surface area contributed by atoms with E-state index in [1.54, 1.807) is 5.38 Å². The fraction of sp³-hybridized carbons (Fsp3) is 0. The Balaban J connectivity index is 2.53. The molecule has 0 spiro atoms. The fourth-order valence-electron chi connectivity index (χ4n) is 1.22. The number of nitrogens with zero attached hydrogens (tertiary/aromatic N) is 1. The topological polar surface area (TPSA) is 50.2 Å². The summed E-state index contributed by atoms with van der Waals surface area (Å²) in [5.74, 6) is -1.79. The molecule has 1 aromatic carbocycles. The van der Waals surface area contributed by atoms with Crippen molar-refractivity contribution >= 4 is 28.9 Å². The van der Waals surface area contributed by atoms with Crippen LogP contribution in [0.25, 0.3) is 10.6 Å². The minimum Gasteiger partial charge on any atom is -0.478 e. The van der Waals surface area contributed by atoms with Crippen LogP contribution >= 0.6 is 22.9 Å². The summed E-state index contributed by atoms with van der Waals surface area (Å²) in [6.07, 6.45) is 0. The minimum absolute atomic E-state index is 0.110. The summed E-state index contributed by atoms with van der Waals surface area (Å²) < 4.78 is 13.2. The Labute approximate surface area is 99.1 Å². The number of halogens is 2. The average molecular weight is 258 g/mol. The first-order chi connectivity index (χ1) is 7.56. The van der Waals surface area contributed by atoms with Gasteiger partial charge in [0, 0.05) is 10.9 Å². The molecule has 6 heteroatoms. The van der Waals surface area contributed by atoms with Crippen LogP contribution in [0.3, 0.4) is 0 Å². The first kappa shape index (κ1) is 11.0. The summed E-state index contributed by atoms with van der Waals surface area (Å²) in [5.41, 5.74) is 0.302. The number of carbonyl (C=O) groups is 1. The molecule has 0 aliphatic carbocycles. The predicted molar refractivity (Wildman–Crippen MR) is 59.5 cm³/mol. The zero-order valence-electron chi connectivity index (χ0n) is 7.78. The number of carboxylic acid groups (broad SMARTS) is 1. The van der Waals surface area contributed by atoms with E-state index in [4.69, 9.17) is 16.7 Å². The molecule has 2 aromatic rings. The monoisotopic (exact) mass is 257 g/mol. The molecule has 0 unspecified atom stereocenters. The molecule has 3 nitrogen and oxygen atoms in total. The van der Waals surface area contributed by atoms with Crippen LogP contribution in [-0.2, 0) is 0 Å². The van der Waals surface area contributed by atoms with Crippen molar-refractivity contribution in [3.05, 3.63) is 40.1 Å². The number of hydrogen-bond donors (Lipinski definition) is 1. The summed E-state index contributed by atoms with van der Waals surface area (Å²) in [5, 5.41) is 11.2. The molecule has 1 aromatic heterocycles. The van der Waals surface area contributed by atoms with Crippen LogP contribution in [0.2, 0.25) is 5.15 Å². The molecule has 0 aliphatic heterocycles. The number of carboxylic acids is 1. The standard InChI is InChI=1S/C10H5ClFNO2S/c11-8-4-16-9(13-8)5-1-6(10(14)15)3-7(12)2-5/h1-4H,(H,14,15). The molecule has 1 heterocycles. The number of thiazole rings is 1. The predicted octanol–water partition coefficient (Wildman–Crippen LogP) is 3.30. The molecule has 0 fully saturated rings. The molecule has 2 rings (SSSR count). The molecular weight excluding hydrogens is 253 g/mol. The second-order valence-corrected chi connectivity index (χ2v) is 4.25. The zero-order valence-corrected chi connectivity index (χ0v) is 9.35. The Hall–Kier alpha value is -1.46. The molecular formula is C10H5ClFNO2S. The van der Waals surface area contributed by atoms with Crippen LogP contribution in [0.4, 0.5) is 4.39 Å². The number of benzene rings is 1. The van der Waals surface area contributed by atoms with Crippen LogP contribution in [-0.4, -0.2) is 16.1 Å². The molecule has 0 radical (unpaired) electrons. The van der Waals surface area contributed by atoms with Gasteiger partial charge in [0.1, 0.15) is 16.0 Å². The lowest BCUT2D eigenvalue weighted by atomic mass is 10.1. The van der Waals surface area contributed by atoms with Crippen LogP contribution in [0.5, 0.6) is 0 Å². The first-order valence-corrected chi connectivity index (χ1v) is 5.47. The van der Waals surface area contributed by atoms with Gasteiger partial charge in [-0.25, -0.2) is 14.2 Å². The Morgan fingerprint density at radius 1 is 1.44 bits per heavy atom. The van der Waals surface area contributed by atoms with Gasteiger partial charge >= 0.3 is 5.97 Å². The normalized spacial score (nSPS) is 10.4. The molecule has 82 valence electrons. The van der Waals surface area contributed by atoms with E-state index in [0.29, 0.717) is 15.7 Å². The summed E-state index contributed by atoms with van der Waals surface area (Å²) in [6, 6.07) is 3.54. The molecule has 0 bridgehead atoms. The molecule has 0 saturated heterocycles. The summed E-state index contributed by atoms with van der Waals surface area (Å²) in [4.78, 5) is 14.7. The minimum atomic E-state index is -1.18. The van der Waals surface area contributed by atoms with Crippen molar-refractivity contribution in [2.45, 2.75) is 0 Å². The van der Waals surface area contributed by atoms with Gasteiger partial charge in [0.05, 0.1) is 5.56 Å². The van der Waals surface area contributed by atoms with Crippen LogP contribution in [0.1, 0.15) is 10.4 Å². The molecule has 1 N–H and O–H groups in total. The van der Waals surface area contributed by atoms with E-state index in [1.165, 1.54) is 23.5 Å². The van der Waals surface area contributed by atoms with Gasteiger partial charge in [-0.1, -0.05) is 11.6 Å².